The van der Waals surface area contributed by atoms with Gasteiger partial charge in [-0.15, -0.1) is 0 Å². The molecule has 4 rings (SSSR count). The van der Waals surface area contributed by atoms with Gasteiger partial charge in [0, 0.05) is 24.8 Å². The first-order valence-corrected chi connectivity index (χ1v) is 9.44. The smallest absolute Gasteiger partial charge is 0.256 e. The van der Waals surface area contributed by atoms with Crippen LogP contribution in [0.5, 0.6) is 5.88 Å². The number of carbonyl (C=O) groups is 2. The van der Waals surface area contributed by atoms with Crippen LogP contribution in [0.1, 0.15) is 60.1 Å². The first kappa shape index (κ1) is 17.3. The van der Waals surface area contributed by atoms with E-state index in [-0.39, 0.29) is 24.5 Å². The summed E-state index contributed by atoms with van der Waals surface area (Å²) in [4.78, 5) is 31.5. The third-order valence-electron chi connectivity index (χ3n) is 5.59. The average molecular weight is 359 g/mol. The van der Waals surface area contributed by atoms with Gasteiger partial charge in [0.05, 0.1) is 24.9 Å². The molecule has 0 radical (unpaired) electrons. The maximum absolute atomic E-state index is 12.8. The van der Waals surface area contributed by atoms with Crippen LogP contribution in [0.3, 0.4) is 0 Å². The van der Waals surface area contributed by atoms with Crippen LogP contribution in [0.25, 0.3) is 0 Å². The summed E-state index contributed by atoms with van der Waals surface area (Å²) in [5, 5.41) is 2.88. The SMILES string of the molecule is COc1nc2c(cc1CNC(=O)C1CCCO1)C(=O)N(C1CCCC1)C2. The van der Waals surface area contributed by atoms with E-state index in [0.717, 1.165) is 36.9 Å². The fourth-order valence-corrected chi connectivity index (χ4v) is 4.16. The Labute approximate surface area is 153 Å². The van der Waals surface area contributed by atoms with E-state index in [4.69, 9.17) is 9.47 Å². The predicted octanol–water partition coefficient (Wildman–Crippen LogP) is 1.78. The lowest BCUT2D eigenvalue weighted by molar-refractivity contribution is -0.130. The highest BCUT2D eigenvalue weighted by atomic mass is 16.5. The van der Waals surface area contributed by atoms with Crippen molar-refractivity contribution in [1.29, 1.82) is 0 Å². The molecule has 140 valence electrons. The third kappa shape index (κ3) is 3.16. The van der Waals surface area contributed by atoms with Gasteiger partial charge in [-0.25, -0.2) is 4.98 Å². The second kappa shape index (κ2) is 7.23. The molecule has 1 aromatic rings. The van der Waals surface area contributed by atoms with Gasteiger partial charge in [0.25, 0.3) is 5.91 Å². The maximum Gasteiger partial charge on any atom is 0.256 e. The molecule has 1 aliphatic carbocycles. The lowest BCUT2D eigenvalue weighted by Crippen LogP contribution is -2.34. The van der Waals surface area contributed by atoms with E-state index in [1.807, 2.05) is 11.0 Å². The molecule has 1 atom stereocenters. The van der Waals surface area contributed by atoms with Gasteiger partial charge in [-0.1, -0.05) is 12.8 Å². The molecule has 3 aliphatic rings. The molecule has 2 fully saturated rings. The van der Waals surface area contributed by atoms with Crippen molar-refractivity contribution in [1.82, 2.24) is 15.2 Å². The molecule has 1 N–H and O–H groups in total. The van der Waals surface area contributed by atoms with E-state index in [1.165, 1.54) is 12.8 Å². The fraction of sp³-hybridized carbons (Fsp3) is 0.632. The van der Waals surface area contributed by atoms with Crippen molar-refractivity contribution in [2.75, 3.05) is 13.7 Å². The minimum Gasteiger partial charge on any atom is -0.481 e. The first-order chi connectivity index (χ1) is 12.7. The zero-order valence-electron chi connectivity index (χ0n) is 15.1. The number of hydrogen-bond acceptors (Lipinski definition) is 5. The Hall–Kier alpha value is -2.15. The number of amides is 2. The van der Waals surface area contributed by atoms with E-state index in [9.17, 15) is 9.59 Å². The highest BCUT2D eigenvalue weighted by Gasteiger charge is 2.36. The normalized spacial score (nSPS) is 22.7. The molecular formula is C19H25N3O4. The van der Waals surface area contributed by atoms with Gasteiger partial charge in [0.1, 0.15) is 6.10 Å². The molecule has 1 unspecified atom stereocenters. The van der Waals surface area contributed by atoms with Gasteiger partial charge in [0.15, 0.2) is 0 Å². The molecule has 0 bridgehead atoms. The number of nitrogens with zero attached hydrogens (tertiary/aromatic N) is 2. The molecular weight excluding hydrogens is 334 g/mol. The van der Waals surface area contributed by atoms with Gasteiger partial charge in [-0.3, -0.25) is 9.59 Å². The highest BCUT2D eigenvalue weighted by Crippen LogP contribution is 2.33. The topological polar surface area (TPSA) is 80.8 Å². The lowest BCUT2D eigenvalue weighted by atomic mass is 10.1. The highest BCUT2D eigenvalue weighted by molar-refractivity contribution is 5.98. The summed E-state index contributed by atoms with van der Waals surface area (Å²) in [5.74, 6) is 0.398. The van der Waals surface area contributed by atoms with Crippen molar-refractivity contribution in [2.45, 2.75) is 63.8 Å². The van der Waals surface area contributed by atoms with Crippen molar-refractivity contribution in [3.63, 3.8) is 0 Å². The van der Waals surface area contributed by atoms with Crippen LogP contribution in [-0.2, 0) is 22.6 Å². The Morgan fingerprint density at radius 2 is 2.15 bits per heavy atom. The number of fused-ring (bicyclic) bond motifs is 1. The van der Waals surface area contributed by atoms with Crippen LogP contribution >= 0.6 is 0 Å². The molecule has 26 heavy (non-hydrogen) atoms. The van der Waals surface area contributed by atoms with Crippen LogP contribution in [0.15, 0.2) is 6.07 Å². The summed E-state index contributed by atoms with van der Waals surface area (Å²) in [6.07, 6.45) is 5.79. The van der Waals surface area contributed by atoms with Crippen molar-refractivity contribution in [2.24, 2.45) is 0 Å². The average Bonchev–Trinajstić information content (AvgIpc) is 3.40. The summed E-state index contributed by atoms with van der Waals surface area (Å²) >= 11 is 0. The Bertz CT molecular complexity index is 709. The quantitative estimate of drug-likeness (QED) is 0.867. The zero-order chi connectivity index (χ0) is 18.1. The van der Waals surface area contributed by atoms with E-state index >= 15 is 0 Å². The minimum atomic E-state index is -0.372. The second-order valence-electron chi connectivity index (χ2n) is 7.24. The van der Waals surface area contributed by atoms with Crippen molar-refractivity contribution in [3.05, 3.63) is 22.9 Å². The van der Waals surface area contributed by atoms with E-state index in [1.54, 1.807) is 7.11 Å². The minimum absolute atomic E-state index is 0.0498. The number of pyridine rings is 1. The Balaban J connectivity index is 1.50. The van der Waals surface area contributed by atoms with Crippen LogP contribution in [0, 0.1) is 0 Å². The van der Waals surface area contributed by atoms with Crippen molar-refractivity contribution >= 4 is 11.8 Å². The van der Waals surface area contributed by atoms with Crippen molar-refractivity contribution in [3.8, 4) is 5.88 Å². The van der Waals surface area contributed by atoms with Gasteiger partial charge >= 0.3 is 0 Å². The van der Waals surface area contributed by atoms with Crippen LogP contribution in [0.4, 0.5) is 0 Å². The number of nitrogens with one attached hydrogen (secondary N) is 1. The van der Waals surface area contributed by atoms with Gasteiger partial charge in [0.2, 0.25) is 11.8 Å². The molecule has 1 aromatic heterocycles. The van der Waals surface area contributed by atoms with Gasteiger partial charge in [-0.05, 0) is 31.7 Å². The Morgan fingerprint density at radius 3 is 2.85 bits per heavy atom. The van der Waals surface area contributed by atoms with E-state index in [2.05, 4.69) is 10.3 Å². The summed E-state index contributed by atoms with van der Waals surface area (Å²) in [6.45, 7) is 1.46. The monoisotopic (exact) mass is 359 g/mol. The molecule has 7 heteroatoms. The van der Waals surface area contributed by atoms with Gasteiger partial charge in [-0.2, -0.15) is 0 Å². The number of aromatic nitrogens is 1. The molecule has 1 saturated carbocycles. The number of ether oxygens (including phenoxy) is 2. The van der Waals surface area contributed by atoms with Crippen LogP contribution in [-0.4, -0.2) is 47.6 Å². The fourth-order valence-electron chi connectivity index (χ4n) is 4.16. The Morgan fingerprint density at radius 1 is 1.35 bits per heavy atom. The summed E-state index contributed by atoms with van der Waals surface area (Å²) < 4.78 is 10.8. The molecule has 7 nitrogen and oxygen atoms in total. The predicted molar refractivity (Wildman–Crippen MR) is 93.7 cm³/mol. The number of hydrogen-bond donors (Lipinski definition) is 1. The molecule has 1 saturated heterocycles. The molecule has 0 aromatic carbocycles. The third-order valence-corrected chi connectivity index (χ3v) is 5.59. The van der Waals surface area contributed by atoms with Crippen LogP contribution < -0.4 is 10.1 Å². The Kier molecular flexibility index (Phi) is 4.80. The second-order valence-corrected chi connectivity index (χ2v) is 7.24. The molecule has 2 aliphatic heterocycles. The van der Waals surface area contributed by atoms with Crippen LogP contribution in [0.2, 0.25) is 0 Å². The van der Waals surface area contributed by atoms with Gasteiger partial charge < -0.3 is 19.7 Å². The number of carbonyl (C=O) groups excluding carboxylic acids is 2. The number of methoxy groups -OCH3 is 1. The molecule has 3 heterocycles. The molecule has 0 spiro atoms. The first-order valence-electron chi connectivity index (χ1n) is 9.44. The lowest BCUT2D eigenvalue weighted by Gasteiger charge is -2.22. The zero-order valence-corrected chi connectivity index (χ0v) is 15.1. The van der Waals surface area contributed by atoms with E-state index < -0.39 is 0 Å². The van der Waals surface area contributed by atoms with E-state index in [0.29, 0.717) is 30.6 Å². The number of rotatable bonds is 5. The summed E-state index contributed by atoms with van der Waals surface area (Å²) in [5.41, 5.74) is 2.13. The molecule has 2 amide bonds. The maximum atomic E-state index is 12.8. The summed E-state index contributed by atoms with van der Waals surface area (Å²) in [6, 6.07) is 2.15. The summed E-state index contributed by atoms with van der Waals surface area (Å²) in [7, 11) is 1.56. The standard InChI is InChI=1S/C19H25N3O4/c1-25-18-12(10-20-17(23)16-7-4-8-26-16)9-14-15(21-18)11-22(19(14)24)13-5-2-3-6-13/h9,13,16H,2-8,10-11H2,1H3,(H,20,23). The van der Waals surface area contributed by atoms with Crippen molar-refractivity contribution < 1.29 is 19.1 Å². The largest absolute Gasteiger partial charge is 0.481 e.